The van der Waals surface area contributed by atoms with Crippen molar-refractivity contribution in [2.24, 2.45) is 0 Å². The summed E-state index contributed by atoms with van der Waals surface area (Å²) < 4.78 is 0. The summed E-state index contributed by atoms with van der Waals surface area (Å²) in [5, 5.41) is 10.8. The molecule has 0 aromatic heterocycles. The van der Waals surface area contributed by atoms with Gasteiger partial charge in [0, 0.05) is 6.04 Å². The van der Waals surface area contributed by atoms with Gasteiger partial charge in [-0.25, -0.2) is 0 Å². The lowest BCUT2D eigenvalue weighted by Crippen LogP contribution is -2.51. The summed E-state index contributed by atoms with van der Waals surface area (Å²) in [6.45, 7) is 4.81. The Morgan fingerprint density at radius 2 is 2.19 bits per heavy atom. The van der Waals surface area contributed by atoms with Crippen LogP contribution in [0.2, 0.25) is 10.0 Å². The predicted molar refractivity (Wildman–Crippen MR) is 86.1 cm³/mol. The minimum Gasteiger partial charge on any atom is -0.480 e. The van der Waals surface area contributed by atoms with E-state index in [1.165, 1.54) is 0 Å². The third kappa shape index (κ3) is 2.92. The van der Waals surface area contributed by atoms with Gasteiger partial charge in [-0.2, -0.15) is 0 Å². The second-order valence-corrected chi connectivity index (χ2v) is 6.49. The summed E-state index contributed by atoms with van der Waals surface area (Å²) in [4.78, 5) is 14.0. The number of carboxylic acids is 1. The minimum atomic E-state index is -0.778. The SMILES string of the molecule is CCCC1(C(=O)O)CCCN1C(C)c1cccc(Cl)c1Cl. The van der Waals surface area contributed by atoms with E-state index >= 15 is 0 Å². The van der Waals surface area contributed by atoms with Crippen molar-refractivity contribution in [2.45, 2.75) is 51.1 Å². The third-order valence-electron chi connectivity index (χ3n) is 4.50. The summed E-state index contributed by atoms with van der Waals surface area (Å²) in [6.07, 6.45) is 3.09. The maximum atomic E-state index is 11.9. The van der Waals surface area contributed by atoms with Crippen molar-refractivity contribution in [3.63, 3.8) is 0 Å². The minimum absolute atomic E-state index is 0.0682. The largest absolute Gasteiger partial charge is 0.480 e. The monoisotopic (exact) mass is 329 g/mol. The quantitative estimate of drug-likeness (QED) is 0.845. The molecule has 1 N–H and O–H groups in total. The Labute approximate surface area is 135 Å². The van der Waals surface area contributed by atoms with E-state index < -0.39 is 11.5 Å². The molecule has 2 rings (SSSR count). The Morgan fingerprint density at radius 3 is 2.81 bits per heavy atom. The van der Waals surface area contributed by atoms with Crippen molar-refractivity contribution in [3.05, 3.63) is 33.8 Å². The molecule has 21 heavy (non-hydrogen) atoms. The first-order valence-electron chi connectivity index (χ1n) is 7.38. The first kappa shape index (κ1) is 16.6. The molecular formula is C16H21Cl2NO2. The molecule has 0 saturated carbocycles. The average molecular weight is 330 g/mol. The highest BCUT2D eigenvalue weighted by molar-refractivity contribution is 6.42. The molecule has 5 heteroatoms. The molecule has 1 saturated heterocycles. The Hall–Kier alpha value is -0.770. The van der Waals surface area contributed by atoms with Crippen LogP contribution in [0, 0.1) is 0 Å². The van der Waals surface area contributed by atoms with Crippen LogP contribution in [0.15, 0.2) is 18.2 Å². The average Bonchev–Trinajstić information content (AvgIpc) is 2.86. The van der Waals surface area contributed by atoms with Gasteiger partial charge in [0.15, 0.2) is 0 Å². The molecule has 1 heterocycles. The second-order valence-electron chi connectivity index (χ2n) is 5.70. The topological polar surface area (TPSA) is 40.5 Å². The first-order valence-corrected chi connectivity index (χ1v) is 8.13. The molecule has 2 atom stereocenters. The summed E-state index contributed by atoms with van der Waals surface area (Å²) in [7, 11) is 0. The molecule has 0 radical (unpaired) electrons. The van der Waals surface area contributed by atoms with E-state index in [1.807, 2.05) is 26.0 Å². The van der Waals surface area contributed by atoms with Crippen molar-refractivity contribution in [1.29, 1.82) is 0 Å². The van der Waals surface area contributed by atoms with Crippen molar-refractivity contribution < 1.29 is 9.90 Å². The summed E-state index contributed by atoms with van der Waals surface area (Å²) in [5.74, 6) is -0.730. The number of likely N-dealkylation sites (tertiary alicyclic amines) is 1. The van der Waals surface area contributed by atoms with Crippen molar-refractivity contribution >= 4 is 29.2 Å². The summed E-state index contributed by atoms with van der Waals surface area (Å²) >= 11 is 12.4. The molecule has 1 fully saturated rings. The Balaban J connectivity index is 2.39. The fourth-order valence-corrected chi connectivity index (χ4v) is 3.96. The van der Waals surface area contributed by atoms with Gasteiger partial charge in [-0.1, -0.05) is 48.7 Å². The standard InChI is InChI=1S/C16H21Cl2NO2/c1-3-8-16(15(20)21)9-5-10-19(16)11(2)12-6-4-7-13(17)14(12)18/h4,6-7,11H,3,5,8-10H2,1-2H3,(H,20,21). The number of hydrogen-bond donors (Lipinski definition) is 1. The normalized spacial score (nSPS) is 24.2. The molecule has 0 amide bonds. The fraction of sp³-hybridized carbons (Fsp3) is 0.562. The Kier molecular flexibility index (Phi) is 5.18. The van der Waals surface area contributed by atoms with Crippen molar-refractivity contribution in [2.75, 3.05) is 6.54 Å². The zero-order chi connectivity index (χ0) is 15.6. The van der Waals surface area contributed by atoms with Crippen LogP contribution in [0.3, 0.4) is 0 Å². The zero-order valence-corrected chi connectivity index (χ0v) is 13.9. The molecule has 0 bridgehead atoms. The van der Waals surface area contributed by atoms with Gasteiger partial charge in [0.2, 0.25) is 0 Å². The van der Waals surface area contributed by atoms with E-state index in [2.05, 4.69) is 4.90 Å². The predicted octanol–water partition coefficient (Wildman–Crippen LogP) is 4.77. The van der Waals surface area contributed by atoms with Gasteiger partial charge in [0.05, 0.1) is 10.0 Å². The number of aliphatic carboxylic acids is 1. The number of carboxylic acid groups (broad SMARTS) is 1. The van der Waals surface area contributed by atoms with Gasteiger partial charge in [-0.05, 0) is 44.4 Å². The number of benzene rings is 1. The lowest BCUT2D eigenvalue weighted by molar-refractivity contribution is -0.151. The zero-order valence-electron chi connectivity index (χ0n) is 12.4. The summed E-state index contributed by atoms with van der Waals surface area (Å²) in [6, 6.07) is 5.47. The van der Waals surface area contributed by atoms with E-state index in [4.69, 9.17) is 23.2 Å². The van der Waals surface area contributed by atoms with Crippen LogP contribution in [0.25, 0.3) is 0 Å². The van der Waals surface area contributed by atoms with Gasteiger partial charge in [-0.15, -0.1) is 0 Å². The summed E-state index contributed by atoms with van der Waals surface area (Å²) in [5.41, 5.74) is 0.118. The van der Waals surface area contributed by atoms with Crippen LogP contribution >= 0.6 is 23.2 Å². The molecular weight excluding hydrogens is 309 g/mol. The number of carbonyl (C=O) groups is 1. The number of halogens is 2. The molecule has 3 nitrogen and oxygen atoms in total. The Bertz CT molecular complexity index is 535. The highest BCUT2D eigenvalue weighted by Gasteiger charge is 2.48. The molecule has 1 aliphatic heterocycles. The van der Waals surface area contributed by atoms with Crippen LogP contribution in [0.5, 0.6) is 0 Å². The lowest BCUT2D eigenvalue weighted by atomic mass is 9.89. The van der Waals surface area contributed by atoms with Crippen LogP contribution < -0.4 is 0 Å². The van der Waals surface area contributed by atoms with E-state index in [0.29, 0.717) is 22.9 Å². The maximum absolute atomic E-state index is 11.9. The van der Waals surface area contributed by atoms with E-state index in [-0.39, 0.29) is 6.04 Å². The molecule has 0 spiro atoms. The van der Waals surface area contributed by atoms with E-state index in [9.17, 15) is 9.90 Å². The van der Waals surface area contributed by atoms with Gasteiger partial charge >= 0.3 is 5.97 Å². The van der Waals surface area contributed by atoms with Crippen LogP contribution in [-0.2, 0) is 4.79 Å². The van der Waals surface area contributed by atoms with Gasteiger partial charge in [-0.3, -0.25) is 9.69 Å². The van der Waals surface area contributed by atoms with Gasteiger partial charge in [0.25, 0.3) is 0 Å². The molecule has 116 valence electrons. The molecule has 1 aliphatic rings. The number of hydrogen-bond acceptors (Lipinski definition) is 2. The molecule has 0 aliphatic carbocycles. The lowest BCUT2D eigenvalue weighted by Gasteiger charge is -2.39. The highest BCUT2D eigenvalue weighted by atomic mass is 35.5. The molecule has 1 aromatic rings. The van der Waals surface area contributed by atoms with E-state index in [0.717, 1.165) is 24.9 Å². The van der Waals surface area contributed by atoms with Crippen LogP contribution in [-0.4, -0.2) is 28.1 Å². The maximum Gasteiger partial charge on any atom is 0.324 e. The Morgan fingerprint density at radius 1 is 1.48 bits per heavy atom. The number of rotatable bonds is 5. The van der Waals surface area contributed by atoms with Crippen LogP contribution in [0.1, 0.15) is 51.1 Å². The second kappa shape index (κ2) is 6.55. The van der Waals surface area contributed by atoms with Crippen molar-refractivity contribution in [3.8, 4) is 0 Å². The van der Waals surface area contributed by atoms with Gasteiger partial charge < -0.3 is 5.11 Å². The number of nitrogens with zero attached hydrogens (tertiary/aromatic N) is 1. The van der Waals surface area contributed by atoms with E-state index in [1.54, 1.807) is 6.07 Å². The highest BCUT2D eigenvalue weighted by Crippen LogP contribution is 2.42. The molecule has 2 unspecified atom stereocenters. The van der Waals surface area contributed by atoms with Crippen LogP contribution in [0.4, 0.5) is 0 Å². The first-order chi connectivity index (χ1) is 9.94. The fourth-order valence-electron chi connectivity index (χ4n) is 3.49. The van der Waals surface area contributed by atoms with Crippen molar-refractivity contribution in [1.82, 2.24) is 4.90 Å². The third-order valence-corrected chi connectivity index (χ3v) is 5.33. The van der Waals surface area contributed by atoms with Gasteiger partial charge in [0.1, 0.15) is 5.54 Å². The molecule has 1 aromatic carbocycles. The smallest absolute Gasteiger partial charge is 0.324 e.